The van der Waals surface area contributed by atoms with Crippen LogP contribution in [0.5, 0.6) is 11.5 Å². The van der Waals surface area contributed by atoms with Crippen LogP contribution in [0, 0.1) is 18.6 Å². The van der Waals surface area contributed by atoms with E-state index in [-0.39, 0.29) is 23.9 Å². The Morgan fingerprint density at radius 2 is 1.89 bits per heavy atom. The third-order valence-corrected chi connectivity index (χ3v) is 4.79. The van der Waals surface area contributed by atoms with Crippen LogP contribution in [-0.2, 0) is 11.4 Å². The van der Waals surface area contributed by atoms with E-state index in [4.69, 9.17) is 14.6 Å². The van der Waals surface area contributed by atoms with Gasteiger partial charge in [0, 0.05) is 11.6 Å². The number of aromatic nitrogens is 1. The standard InChI is InChI=1S/C19H15F2NO4S/c1-11-17(27-19(22-11)12-2-4-13(20)5-3-12)9-25-14-6-7-16(15(21)8-14)26-10-18(23)24/h2-8H,9-10H2,1H3,(H,23,24). The summed E-state index contributed by atoms with van der Waals surface area (Å²) < 4.78 is 37.4. The number of nitrogens with zero attached hydrogens (tertiary/aromatic N) is 1. The Labute approximate surface area is 157 Å². The molecule has 0 atom stereocenters. The fourth-order valence-corrected chi connectivity index (χ4v) is 3.24. The third kappa shape index (κ3) is 4.79. The average molecular weight is 391 g/mol. The molecular weight excluding hydrogens is 376 g/mol. The summed E-state index contributed by atoms with van der Waals surface area (Å²) in [7, 11) is 0. The minimum atomic E-state index is -1.19. The number of thiazole rings is 1. The van der Waals surface area contributed by atoms with Gasteiger partial charge in [-0.05, 0) is 43.3 Å². The Morgan fingerprint density at radius 3 is 2.56 bits per heavy atom. The van der Waals surface area contributed by atoms with E-state index in [1.807, 2.05) is 6.92 Å². The number of aryl methyl sites for hydroxylation is 1. The zero-order valence-electron chi connectivity index (χ0n) is 14.2. The van der Waals surface area contributed by atoms with Crippen molar-refractivity contribution in [2.45, 2.75) is 13.5 Å². The van der Waals surface area contributed by atoms with Gasteiger partial charge in [0.05, 0.1) is 10.6 Å². The molecule has 0 fully saturated rings. The highest BCUT2D eigenvalue weighted by atomic mass is 32.1. The summed E-state index contributed by atoms with van der Waals surface area (Å²) in [6.45, 7) is 1.41. The number of rotatable bonds is 7. The van der Waals surface area contributed by atoms with Crippen molar-refractivity contribution in [3.8, 4) is 22.1 Å². The molecule has 1 aromatic heterocycles. The van der Waals surface area contributed by atoms with Crippen molar-refractivity contribution in [3.05, 3.63) is 64.7 Å². The predicted molar refractivity (Wildman–Crippen MR) is 96.1 cm³/mol. The molecule has 0 aliphatic heterocycles. The van der Waals surface area contributed by atoms with Crippen LogP contribution in [0.2, 0.25) is 0 Å². The zero-order chi connectivity index (χ0) is 19.4. The van der Waals surface area contributed by atoms with E-state index in [9.17, 15) is 13.6 Å². The number of carboxylic acid groups (broad SMARTS) is 1. The maximum atomic E-state index is 13.9. The normalized spacial score (nSPS) is 10.6. The van der Waals surface area contributed by atoms with E-state index in [0.29, 0.717) is 0 Å². The van der Waals surface area contributed by atoms with E-state index < -0.39 is 18.4 Å². The van der Waals surface area contributed by atoms with E-state index >= 15 is 0 Å². The lowest BCUT2D eigenvalue weighted by Gasteiger charge is -2.08. The Morgan fingerprint density at radius 1 is 1.15 bits per heavy atom. The topological polar surface area (TPSA) is 68.7 Å². The molecule has 0 aliphatic rings. The van der Waals surface area contributed by atoms with Crippen LogP contribution in [0.1, 0.15) is 10.6 Å². The second-order valence-corrected chi connectivity index (χ2v) is 6.68. The van der Waals surface area contributed by atoms with Crippen molar-refractivity contribution in [3.63, 3.8) is 0 Å². The first-order chi connectivity index (χ1) is 12.9. The molecule has 0 aliphatic carbocycles. The Bertz CT molecular complexity index is 957. The number of carbonyl (C=O) groups is 1. The van der Waals surface area contributed by atoms with Gasteiger partial charge in [0.25, 0.3) is 0 Å². The summed E-state index contributed by atoms with van der Waals surface area (Å²) in [6.07, 6.45) is 0. The molecule has 0 radical (unpaired) electrons. The maximum absolute atomic E-state index is 13.9. The lowest BCUT2D eigenvalue weighted by Crippen LogP contribution is -2.10. The van der Waals surface area contributed by atoms with Crippen LogP contribution < -0.4 is 9.47 Å². The van der Waals surface area contributed by atoms with E-state index in [1.54, 1.807) is 12.1 Å². The zero-order valence-corrected chi connectivity index (χ0v) is 15.1. The lowest BCUT2D eigenvalue weighted by atomic mass is 10.2. The van der Waals surface area contributed by atoms with Gasteiger partial charge in [-0.15, -0.1) is 11.3 Å². The van der Waals surface area contributed by atoms with Gasteiger partial charge >= 0.3 is 5.97 Å². The van der Waals surface area contributed by atoms with E-state index in [0.717, 1.165) is 27.2 Å². The van der Waals surface area contributed by atoms with Crippen molar-refractivity contribution >= 4 is 17.3 Å². The first-order valence-electron chi connectivity index (χ1n) is 7.91. The molecule has 0 saturated heterocycles. The number of hydrogen-bond acceptors (Lipinski definition) is 5. The fraction of sp³-hybridized carbons (Fsp3) is 0.158. The third-order valence-electron chi connectivity index (χ3n) is 3.61. The molecule has 8 heteroatoms. The van der Waals surface area contributed by atoms with Crippen LogP contribution >= 0.6 is 11.3 Å². The number of halogens is 2. The first kappa shape index (κ1) is 18.8. The first-order valence-corrected chi connectivity index (χ1v) is 8.73. The summed E-state index contributed by atoms with van der Waals surface area (Å²) in [5.41, 5.74) is 1.59. The number of carboxylic acids is 1. The molecular formula is C19H15F2NO4S. The molecule has 3 rings (SSSR count). The lowest BCUT2D eigenvalue weighted by molar-refractivity contribution is -0.139. The number of hydrogen-bond donors (Lipinski definition) is 1. The molecule has 5 nitrogen and oxygen atoms in total. The summed E-state index contributed by atoms with van der Waals surface area (Å²) in [4.78, 5) is 15.8. The number of benzene rings is 2. The molecule has 1 heterocycles. The van der Waals surface area contributed by atoms with Gasteiger partial charge in [-0.1, -0.05) is 0 Å². The SMILES string of the molecule is Cc1nc(-c2ccc(F)cc2)sc1COc1ccc(OCC(=O)O)c(F)c1. The Kier molecular flexibility index (Phi) is 5.66. The van der Waals surface area contributed by atoms with Gasteiger partial charge < -0.3 is 14.6 Å². The molecule has 0 spiro atoms. The van der Waals surface area contributed by atoms with E-state index in [1.165, 1.54) is 35.6 Å². The quantitative estimate of drug-likeness (QED) is 0.645. The van der Waals surface area contributed by atoms with Crippen LogP contribution in [0.4, 0.5) is 8.78 Å². The fourth-order valence-electron chi connectivity index (χ4n) is 2.25. The summed E-state index contributed by atoms with van der Waals surface area (Å²) in [5, 5.41) is 9.30. The van der Waals surface area contributed by atoms with Gasteiger partial charge in [0.2, 0.25) is 0 Å². The predicted octanol–water partition coefficient (Wildman–Crippen LogP) is 4.44. The minimum Gasteiger partial charge on any atom is -0.488 e. The molecule has 2 aromatic carbocycles. The summed E-state index contributed by atoms with van der Waals surface area (Å²) >= 11 is 1.41. The number of aliphatic carboxylic acids is 1. The highest BCUT2D eigenvalue weighted by molar-refractivity contribution is 7.15. The van der Waals surface area contributed by atoms with Gasteiger partial charge in [0.1, 0.15) is 23.2 Å². The molecule has 27 heavy (non-hydrogen) atoms. The molecule has 0 bridgehead atoms. The molecule has 3 aromatic rings. The average Bonchev–Trinajstić information content (AvgIpc) is 3.00. The highest BCUT2D eigenvalue weighted by Gasteiger charge is 2.12. The van der Waals surface area contributed by atoms with Gasteiger partial charge in [-0.25, -0.2) is 18.6 Å². The van der Waals surface area contributed by atoms with E-state index in [2.05, 4.69) is 4.98 Å². The van der Waals surface area contributed by atoms with Gasteiger partial charge in [0.15, 0.2) is 18.2 Å². The van der Waals surface area contributed by atoms with Crippen LogP contribution in [0.25, 0.3) is 10.6 Å². The Hall–Kier alpha value is -3.00. The largest absolute Gasteiger partial charge is 0.488 e. The van der Waals surface area contributed by atoms with Crippen LogP contribution in [0.15, 0.2) is 42.5 Å². The van der Waals surface area contributed by atoms with Crippen molar-refractivity contribution in [2.75, 3.05) is 6.61 Å². The maximum Gasteiger partial charge on any atom is 0.341 e. The van der Waals surface area contributed by atoms with Crippen LogP contribution in [0.3, 0.4) is 0 Å². The smallest absolute Gasteiger partial charge is 0.341 e. The molecule has 0 unspecified atom stereocenters. The second-order valence-electron chi connectivity index (χ2n) is 5.60. The summed E-state index contributed by atoms with van der Waals surface area (Å²) in [6, 6.07) is 10.0. The van der Waals surface area contributed by atoms with Crippen molar-refractivity contribution in [1.82, 2.24) is 4.98 Å². The summed E-state index contributed by atoms with van der Waals surface area (Å²) in [5.74, 6) is -2.08. The molecule has 0 saturated carbocycles. The van der Waals surface area contributed by atoms with Gasteiger partial charge in [-0.2, -0.15) is 0 Å². The number of ether oxygens (including phenoxy) is 2. The Balaban J connectivity index is 1.67. The molecule has 140 valence electrons. The second kappa shape index (κ2) is 8.13. The molecule has 1 N–H and O–H groups in total. The van der Waals surface area contributed by atoms with Gasteiger partial charge in [-0.3, -0.25) is 0 Å². The van der Waals surface area contributed by atoms with Crippen LogP contribution in [-0.4, -0.2) is 22.7 Å². The monoisotopic (exact) mass is 391 g/mol. The highest BCUT2D eigenvalue weighted by Crippen LogP contribution is 2.29. The van der Waals surface area contributed by atoms with Crippen molar-refractivity contribution in [1.29, 1.82) is 0 Å². The van der Waals surface area contributed by atoms with Crippen molar-refractivity contribution in [2.24, 2.45) is 0 Å². The minimum absolute atomic E-state index is 0.155. The van der Waals surface area contributed by atoms with Crippen molar-refractivity contribution < 1.29 is 28.2 Å². The molecule has 0 amide bonds.